The Morgan fingerprint density at radius 2 is 1.91 bits per heavy atom. The third-order valence-electron chi connectivity index (χ3n) is 2.88. The molecule has 1 aromatic carbocycles. The van der Waals surface area contributed by atoms with Crippen molar-refractivity contribution in [3.05, 3.63) is 58.5 Å². The van der Waals surface area contributed by atoms with E-state index in [1.807, 2.05) is 0 Å². The lowest BCUT2D eigenvalue weighted by Gasteiger charge is -2.14. The molecular formula is C14H13F3N4O2. The van der Waals surface area contributed by atoms with Gasteiger partial charge in [-0.15, -0.1) is 0 Å². The van der Waals surface area contributed by atoms with Gasteiger partial charge in [-0.3, -0.25) is 4.79 Å². The molecule has 122 valence electrons. The summed E-state index contributed by atoms with van der Waals surface area (Å²) < 4.78 is 39.5. The summed E-state index contributed by atoms with van der Waals surface area (Å²) in [4.78, 5) is 23.1. The van der Waals surface area contributed by atoms with E-state index in [2.05, 4.69) is 15.7 Å². The summed E-state index contributed by atoms with van der Waals surface area (Å²) in [6.45, 7) is 0.144. The minimum Gasteiger partial charge on any atom is -0.336 e. The van der Waals surface area contributed by atoms with E-state index in [-0.39, 0.29) is 24.3 Å². The normalized spacial score (nSPS) is 11.1. The third-order valence-corrected chi connectivity index (χ3v) is 2.88. The number of carbonyl (C=O) groups excluding carboxylic acids is 1. The minimum absolute atomic E-state index is 0.0386. The van der Waals surface area contributed by atoms with Crippen molar-refractivity contribution in [2.45, 2.75) is 12.7 Å². The SMILES string of the molecule is O=C(NCCn1ncccc1=O)Nc1ccccc1C(F)(F)F. The van der Waals surface area contributed by atoms with E-state index in [1.54, 1.807) is 0 Å². The van der Waals surface area contributed by atoms with E-state index >= 15 is 0 Å². The van der Waals surface area contributed by atoms with Crippen molar-refractivity contribution in [1.82, 2.24) is 15.1 Å². The predicted octanol–water partition coefficient (Wildman–Crippen LogP) is 2.08. The first kappa shape index (κ1) is 16.5. The molecule has 23 heavy (non-hydrogen) atoms. The van der Waals surface area contributed by atoms with Crippen LogP contribution in [0.3, 0.4) is 0 Å². The number of para-hydroxylation sites is 1. The zero-order chi connectivity index (χ0) is 16.9. The Kier molecular flexibility index (Phi) is 4.99. The molecule has 0 radical (unpaired) electrons. The molecule has 0 spiro atoms. The molecule has 2 aromatic rings. The fourth-order valence-corrected chi connectivity index (χ4v) is 1.84. The second-order valence-corrected chi connectivity index (χ2v) is 4.51. The number of urea groups is 1. The highest BCUT2D eigenvalue weighted by atomic mass is 19.4. The Hall–Kier alpha value is -2.84. The molecule has 0 bridgehead atoms. The highest BCUT2D eigenvalue weighted by molar-refractivity contribution is 5.90. The Bertz CT molecular complexity index is 743. The Balaban J connectivity index is 1.93. The van der Waals surface area contributed by atoms with E-state index < -0.39 is 17.8 Å². The summed E-state index contributed by atoms with van der Waals surface area (Å²) in [5.41, 5.74) is -1.61. The van der Waals surface area contributed by atoms with Gasteiger partial charge in [-0.25, -0.2) is 9.48 Å². The quantitative estimate of drug-likeness (QED) is 0.903. The van der Waals surface area contributed by atoms with Crippen molar-refractivity contribution in [2.24, 2.45) is 0 Å². The highest BCUT2D eigenvalue weighted by Gasteiger charge is 2.33. The lowest BCUT2D eigenvalue weighted by molar-refractivity contribution is -0.136. The number of carbonyl (C=O) groups is 1. The van der Waals surface area contributed by atoms with Crippen molar-refractivity contribution in [3.8, 4) is 0 Å². The number of halogens is 3. The molecule has 0 atom stereocenters. The van der Waals surface area contributed by atoms with Gasteiger partial charge >= 0.3 is 12.2 Å². The van der Waals surface area contributed by atoms with Gasteiger partial charge in [-0.1, -0.05) is 12.1 Å². The van der Waals surface area contributed by atoms with Crippen LogP contribution < -0.4 is 16.2 Å². The van der Waals surface area contributed by atoms with Crippen LogP contribution in [-0.4, -0.2) is 22.4 Å². The number of amides is 2. The first-order valence-electron chi connectivity index (χ1n) is 6.61. The molecule has 0 aliphatic heterocycles. The number of anilines is 1. The number of rotatable bonds is 4. The van der Waals surface area contributed by atoms with Crippen LogP contribution in [0.15, 0.2) is 47.4 Å². The molecule has 1 aromatic heterocycles. The van der Waals surface area contributed by atoms with Crippen molar-refractivity contribution in [2.75, 3.05) is 11.9 Å². The molecule has 2 N–H and O–H groups in total. The van der Waals surface area contributed by atoms with Crippen LogP contribution in [0.4, 0.5) is 23.7 Å². The summed E-state index contributed by atoms with van der Waals surface area (Å²) in [6.07, 6.45) is -3.15. The van der Waals surface area contributed by atoms with Gasteiger partial charge in [0.1, 0.15) is 0 Å². The van der Waals surface area contributed by atoms with Crippen LogP contribution in [0, 0.1) is 0 Å². The van der Waals surface area contributed by atoms with Crippen molar-refractivity contribution >= 4 is 11.7 Å². The molecule has 1 heterocycles. The molecule has 0 aliphatic carbocycles. The van der Waals surface area contributed by atoms with Crippen molar-refractivity contribution in [1.29, 1.82) is 0 Å². The Morgan fingerprint density at radius 1 is 1.17 bits per heavy atom. The second kappa shape index (κ2) is 6.95. The molecule has 6 nitrogen and oxygen atoms in total. The van der Waals surface area contributed by atoms with Gasteiger partial charge < -0.3 is 10.6 Å². The van der Waals surface area contributed by atoms with Crippen LogP contribution in [0.2, 0.25) is 0 Å². The second-order valence-electron chi connectivity index (χ2n) is 4.51. The lowest BCUT2D eigenvalue weighted by Crippen LogP contribution is -2.34. The summed E-state index contributed by atoms with van der Waals surface area (Å²) in [6, 6.07) is 6.65. The van der Waals surface area contributed by atoms with E-state index in [9.17, 15) is 22.8 Å². The van der Waals surface area contributed by atoms with Crippen LogP contribution in [0.5, 0.6) is 0 Å². The molecule has 2 amide bonds. The fourth-order valence-electron chi connectivity index (χ4n) is 1.84. The van der Waals surface area contributed by atoms with Crippen molar-refractivity contribution < 1.29 is 18.0 Å². The lowest BCUT2D eigenvalue weighted by atomic mass is 10.1. The monoisotopic (exact) mass is 326 g/mol. The number of benzene rings is 1. The number of nitrogens with zero attached hydrogens (tertiary/aromatic N) is 2. The van der Waals surface area contributed by atoms with Gasteiger partial charge in [0.05, 0.1) is 17.8 Å². The number of nitrogens with one attached hydrogen (secondary N) is 2. The molecule has 2 rings (SSSR count). The van der Waals surface area contributed by atoms with Crippen LogP contribution in [0.1, 0.15) is 5.56 Å². The molecule has 0 fully saturated rings. The van der Waals surface area contributed by atoms with Gasteiger partial charge in [0.2, 0.25) is 0 Å². The van der Waals surface area contributed by atoms with Crippen LogP contribution in [-0.2, 0) is 12.7 Å². The average molecular weight is 326 g/mol. The zero-order valence-corrected chi connectivity index (χ0v) is 11.8. The molecular weight excluding hydrogens is 313 g/mol. The van der Waals surface area contributed by atoms with Crippen LogP contribution >= 0.6 is 0 Å². The summed E-state index contributed by atoms with van der Waals surface area (Å²) in [7, 11) is 0. The maximum Gasteiger partial charge on any atom is 0.418 e. The summed E-state index contributed by atoms with van der Waals surface area (Å²) in [5.74, 6) is 0. The van der Waals surface area contributed by atoms with E-state index in [0.717, 1.165) is 16.8 Å². The van der Waals surface area contributed by atoms with E-state index in [1.165, 1.54) is 30.5 Å². The molecule has 9 heteroatoms. The van der Waals surface area contributed by atoms with E-state index in [0.29, 0.717) is 0 Å². The van der Waals surface area contributed by atoms with Gasteiger partial charge in [0.25, 0.3) is 5.56 Å². The van der Waals surface area contributed by atoms with Gasteiger partial charge in [-0.2, -0.15) is 18.3 Å². The van der Waals surface area contributed by atoms with Gasteiger partial charge in [0, 0.05) is 18.8 Å². The number of hydrogen-bond donors (Lipinski definition) is 2. The topological polar surface area (TPSA) is 76.0 Å². The first-order valence-corrected chi connectivity index (χ1v) is 6.61. The third kappa shape index (κ3) is 4.56. The smallest absolute Gasteiger partial charge is 0.336 e. The number of aromatic nitrogens is 2. The molecule has 0 aliphatic rings. The van der Waals surface area contributed by atoms with E-state index in [4.69, 9.17) is 0 Å². The number of hydrogen-bond acceptors (Lipinski definition) is 3. The largest absolute Gasteiger partial charge is 0.418 e. The summed E-state index contributed by atoms with van der Waals surface area (Å²) in [5, 5.41) is 8.30. The summed E-state index contributed by atoms with van der Waals surface area (Å²) >= 11 is 0. The molecule has 0 saturated heterocycles. The standard InChI is InChI=1S/C14H13F3N4O2/c15-14(16,17)10-4-1-2-5-11(10)20-13(23)18-8-9-21-12(22)6-3-7-19-21/h1-7H,8-9H2,(H2,18,20,23). The van der Waals surface area contributed by atoms with Gasteiger partial charge in [0.15, 0.2) is 0 Å². The molecule has 0 saturated carbocycles. The zero-order valence-electron chi connectivity index (χ0n) is 11.8. The highest BCUT2D eigenvalue weighted by Crippen LogP contribution is 2.34. The first-order chi connectivity index (χ1) is 10.9. The Labute approximate surface area is 128 Å². The fraction of sp³-hybridized carbons (Fsp3) is 0.214. The maximum absolute atomic E-state index is 12.8. The van der Waals surface area contributed by atoms with Crippen LogP contribution in [0.25, 0.3) is 0 Å². The maximum atomic E-state index is 12.8. The number of alkyl halides is 3. The Morgan fingerprint density at radius 3 is 2.61 bits per heavy atom. The van der Waals surface area contributed by atoms with Gasteiger partial charge in [-0.05, 0) is 18.2 Å². The minimum atomic E-state index is -4.56. The van der Waals surface area contributed by atoms with Crippen molar-refractivity contribution in [3.63, 3.8) is 0 Å². The average Bonchev–Trinajstić information content (AvgIpc) is 2.49. The predicted molar refractivity (Wildman–Crippen MR) is 77.0 cm³/mol. The molecule has 0 unspecified atom stereocenters.